The minimum absolute atomic E-state index is 0.363. The lowest BCUT2D eigenvalue weighted by Gasteiger charge is -2.20. The summed E-state index contributed by atoms with van der Waals surface area (Å²) in [5.74, 6) is -1.32. The minimum atomic E-state index is -3.89. The zero-order valence-electron chi connectivity index (χ0n) is 12.0. The summed E-state index contributed by atoms with van der Waals surface area (Å²) in [4.78, 5) is 23.1. The lowest BCUT2D eigenvalue weighted by Crippen LogP contribution is -2.49. The van der Waals surface area contributed by atoms with E-state index in [-0.39, 0.29) is 6.04 Å². The monoisotopic (exact) mass is 314 g/mol. The van der Waals surface area contributed by atoms with Gasteiger partial charge >= 0.3 is 0 Å². The van der Waals surface area contributed by atoms with Crippen LogP contribution in [0.15, 0.2) is 30.3 Å². The van der Waals surface area contributed by atoms with Gasteiger partial charge in [0.1, 0.15) is 0 Å². The summed E-state index contributed by atoms with van der Waals surface area (Å²) >= 11 is 0. The van der Waals surface area contributed by atoms with Gasteiger partial charge in [-0.25, -0.2) is 4.18 Å². The van der Waals surface area contributed by atoms with E-state index in [0.717, 1.165) is 18.7 Å². The van der Waals surface area contributed by atoms with Crippen LogP contribution < -0.4 is 10.6 Å². The number of hydrogen-bond acceptors (Lipinski definition) is 5. The van der Waals surface area contributed by atoms with Crippen molar-refractivity contribution in [3.05, 3.63) is 35.9 Å². The van der Waals surface area contributed by atoms with Crippen LogP contribution in [0.5, 0.6) is 0 Å². The summed E-state index contributed by atoms with van der Waals surface area (Å²) in [6.07, 6.45) is -0.793. The predicted molar refractivity (Wildman–Crippen MR) is 76.5 cm³/mol. The van der Waals surface area contributed by atoms with Gasteiger partial charge < -0.3 is 10.6 Å². The second-order valence-corrected chi connectivity index (χ2v) is 6.12. The predicted octanol–water partition coefficient (Wildman–Crippen LogP) is 0.302. The van der Waals surface area contributed by atoms with Crippen molar-refractivity contribution in [1.29, 1.82) is 0 Å². The second-order valence-electron chi connectivity index (χ2n) is 4.52. The molecule has 0 bridgehead atoms. The summed E-state index contributed by atoms with van der Waals surface area (Å²) < 4.78 is 26.8. The highest BCUT2D eigenvalue weighted by molar-refractivity contribution is 7.86. The Hall–Kier alpha value is -1.93. The second kappa shape index (κ2) is 7.19. The van der Waals surface area contributed by atoms with Crippen LogP contribution in [0.3, 0.4) is 0 Å². The van der Waals surface area contributed by atoms with E-state index in [2.05, 4.69) is 14.8 Å². The van der Waals surface area contributed by atoms with Gasteiger partial charge in [-0.2, -0.15) is 8.42 Å². The molecule has 0 radical (unpaired) electrons. The van der Waals surface area contributed by atoms with Crippen LogP contribution in [0.1, 0.15) is 25.5 Å². The molecule has 0 aromatic heterocycles. The molecule has 2 N–H and O–H groups in total. The molecule has 1 aromatic carbocycles. The Bertz CT molecular complexity index is 600. The van der Waals surface area contributed by atoms with E-state index < -0.39 is 28.2 Å². The maximum atomic E-state index is 12.0. The van der Waals surface area contributed by atoms with Gasteiger partial charge in [0.15, 0.2) is 0 Å². The third-order valence-electron chi connectivity index (χ3n) is 2.50. The zero-order valence-corrected chi connectivity index (χ0v) is 12.8. The first kappa shape index (κ1) is 17.1. The van der Waals surface area contributed by atoms with E-state index in [0.29, 0.717) is 0 Å². The van der Waals surface area contributed by atoms with Gasteiger partial charge in [-0.1, -0.05) is 30.3 Å². The van der Waals surface area contributed by atoms with Crippen molar-refractivity contribution in [3.63, 3.8) is 0 Å². The summed E-state index contributed by atoms with van der Waals surface area (Å²) in [5, 5.41) is 4.72. The standard InChI is InChI=1S/C13H18N2O5S/c1-9(11-7-5-4-6-8-11)14-12(17)13(15-10(2)16)20-21(3,18)19/h4-9,13H,1-3H3,(H,14,17)(H,15,16). The average Bonchev–Trinajstić information content (AvgIpc) is 2.36. The topological polar surface area (TPSA) is 102 Å². The molecule has 0 aliphatic carbocycles. The molecule has 0 aliphatic rings. The van der Waals surface area contributed by atoms with Crippen molar-refractivity contribution in [2.75, 3.05) is 6.26 Å². The van der Waals surface area contributed by atoms with Crippen LogP contribution >= 0.6 is 0 Å². The van der Waals surface area contributed by atoms with E-state index in [1.807, 2.05) is 30.3 Å². The fraction of sp³-hybridized carbons (Fsp3) is 0.385. The zero-order chi connectivity index (χ0) is 16.0. The van der Waals surface area contributed by atoms with Crippen molar-refractivity contribution >= 4 is 21.9 Å². The first-order valence-corrected chi connectivity index (χ1v) is 8.01. The molecule has 2 atom stereocenters. The molecule has 0 spiro atoms. The lowest BCUT2D eigenvalue weighted by molar-refractivity contribution is -0.134. The van der Waals surface area contributed by atoms with Crippen LogP contribution in [-0.4, -0.2) is 32.7 Å². The van der Waals surface area contributed by atoms with Gasteiger partial charge in [0, 0.05) is 6.92 Å². The van der Waals surface area contributed by atoms with Gasteiger partial charge in [-0.3, -0.25) is 9.59 Å². The molecule has 1 rings (SSSR count). The van der Waals surface area contributed by atoms with Crippen molar-refractivity contribution in [2.45, 2.75) is 26.1 Å². The minimum Gasteiger partial charge on any atom is -0.346 e. The molecule has 21 heavy (non-hydrogen) atoms. The Morgan fingerprint density at radius 3 is 2.19 bits per heavy atom. The first-order valence-electron chi connectivity index (χ1n) is 6.19. The SMILES string of the molecule is CC(=O)NC(OS(C)(=O)=O)C(=O)NC(C)c1ccccc1. The van der Waals surface area contributed by atoms with Crippen LogP contribution in [0, 0.1) is 0 Å². The average molecular weight is 314 g/mol. The molecule has 7 nitrogen and oxygen atoms in total. The van der Waals surface area contributed by atoms with Crippen molar-refractivity contribution < 1.29 is 22.2 Å². The molecular formula is C13H18N2O5S. The highest BCUT2D eigenvalue weighted by Crippen LogP contribution is 2.11. The Labute approximate surface area is 123 Å². The maximum Gasteiger partial charge on any atom is 0.271 e. The van der Waals surface area contributed by atoms with Gasteiger partial charge in [-0.15, -0.1) is 0 Å². The fourth-order valence-corrected chi connectivity index (χ4v) is 2.09. The number of nitrogens with one attached hydrogen (secondary N) is 2. The molecule has 2 unspecified atom stereocenters. The van der Waals surface area contributed by atoms with Gasteiger partial charge in [0.2, 0.25) is 12.1 Å². The molecule has 0 heterocycles. The van der Waals surface area contributed by atoms with Crippen LogP contribution in [0.2, 0.25) is 0 Å². The normalized spacial score (nSPS) is 14.0. The number of carbonyl (C=O) groups excluding carboxylic acids is 2. The molecule has 0 fully saturated rings. The lowest BCUT2D eigenvalue weighted by atomic mass is 10.1. The van der Waals surface area contributed by atoms with E-state index in [1.54, 1.807) is 6.92 Å². The summed E-state index contributed by atoms with van der Waals surface area (Å²) in [7, 11) is -3.89. The summed E-state index contributed by atoms with van der Waals surface area (Å²) in [5.41, 5.74) is 0.840. The number of rotatable bonds is 6. The third kappa shape index (κ3) is 6.37. The van der Waals surface area contributed by atoms with Crippen LogP contribution in [0.4, 0.5) is 0 Å². The number of hydrogen-bond donors (Lipinski definition) is 2. The Morgan fingerprint density at radius 2 is 1.71 bits per heavy atom. The van der Waals surface area contributed by atoms with Gasteiger partial charge in [0.25, 0.3) is 16.0 Å². The largest absolute Gasteiger partial charge is 0.346 e. The molecule has 0 saturated carbocycles. The smallest absolute Gasteiger partial charge is 0.271 e. The van der Waals surface area contributed by atoms with Crippen molar-refractivity contribution in [3.8, 4) is 0 Å². The number of amides is 2. The van der Waals surface area contributed by atoms with E-state index in [4.69, 9.17) is 0 Å². The van der Waals surface area contributed by atoms with Gasteiger partial charge in [-0.05, 0) is 12.5 Å². The molecule has 0 aliphatic heterocycles. The molecule has 116 valence electrons. The Balaban J connectivity index is 2.78. The molecular weight excluding hydrogens is 296 g/mol. The Kier molecular flexibility index (Phi) is 5.86. The van der Waals surface area contributed by atoms with Gasteiger partial charge in [0.05, 0.1) is 12.3 Å². The highest BCUT2D eigenvalue weighted by atomic mass is 32.2. The van der Waals surface area contributed by atoms with Crippen molar-refractivity contribution in [1.82, 2.24) is 10.6 Å². The Morgan fingerprint density at radius 1 is 1.14 bits per heavy atom. The summed E-state index contributed by atoms with van der Waals surface area (Å²) in [6, 6.07) is 8.74. The quantitative estimate of drug-likeness (QED) is 0.581. The van der Waals surface area contributed by atoms with E-state index >= 15 is 0 Å². The highest BCUT2D eigenvalue weighted by Gasteiger charge is 2.26. The third-order valence-corrected chi connectivity index (χ3v) is 3.04. The van der Waals surface area contributed by atoms with E-state index in [1.165, 1.54) is 0 Å². The molecule has 8 heteroatoms. The maximum absolute atomic E-state index is 12.0. The molecule has 2 amide bonds. The summed E-state index contributed by atoms with van der Waals surface area (Å²) in [6.45, 7) is 2.89. The van der Waals surface area contributed by atoms with Crippen LogP contribution in [-0.2, 0) is 23.9 Å². The van der Waals surface area contributed by atoms with E-state index in [9.17, 15) is 18.0 Å². The van der Waals surface area contributed by atoms with Crippen LogP contribution in [0.25, 0.3) is 0 Å². The number of benzene rings is 1. The first-order chi connectivity index (χ1) is 9.69. The number of carbonyl (C=O) groups is 2. The fourth-order valence-electron chi connectivity index (χ4n) is 1.61. The van der Waals surface area contributed by atoms with Crippen molar-refractivity contribution in [2.24, 2.45) is 0 Å². The molecule has 0 saturated heterocycles. The molecule has 1 aromatic rings.